The maximum absolute atomic E-state index is 10.9. The van der Waals surface area contributed by atoms with Crippen molar-refractivity contribution >= 4 is 18.4 Å². The second-order valence-electron chi connectivity index (χ2n) is 4.03. The lowest BCUT2D eigenvalue weighted by molar-refractivity contribution is -0.140. The van der Waals surface area contributed by atoms with E-state index < -0.39 is 0 Å². The fourth-order valence-electron chi connectivity index (χ4n) is 1.85. The van der Waals surface area contributed by atoms with E-state index in [1.807, 2.05) is 0 Å². The van der Waals surface area contributed by atoms with Gasteiger partial charge in [0, 0.05) is 19.1 Å². The lowest BCUT2D eigenvalue weighted by Gasteiger charge is -2.16. The number of nitrogens with zero attached hydrogens (tertiary/aromatic N) is 1. The van der Waals surface area contributed by atoms with Gasteiger partial charge in [-0.3, -0.25) is 4.79 Å². The molecule has 1 saturated heterocycles. The number of esters is 1. The van der Waals surface area contributed by atoms with Crippen LogP contribution in [0.15, 0.2) is 0 Å². The molecule has 1 rings (SSSR count). The third kappa shape index (κ3) is 4.82. The molecule has 1 fully saturated rings. The number of ether oxygens (including phenoxy) is 1. The molecule has 4 nitrogen and oxygen atoms in total. The minimum Gasteiger partial charge on any atom is -0.469 e. The van der Waals surface area contributed by atoms with E-state index in [4.69, 9.17) is 5.73 Å². The van der Waals surface area contributed by atoms with Crippen molar-refractivity contribution in [2.75, 3.05) is 26.7 Å². The quantitative estimate of drug-likeness (QED) is 0.728. The van der Waals surface area contributed by atoms with E-state index in [0.717, 1.165) is 26.1 Å². The van der Waals surface area contributed by atoms with E-state index in [-0.39, 0.29) is 24.4 Å². The summed E-state index contributed by atoms with van der Waals surface area (Å²) in [5.41, 5.74) is 5.82. The van der Waals surface area contributed by atoms with Crippen LogP contribution < -0.4 is 5.73 Å². The van der Waals surface area contributed by atoms with E-state index in [1.54, 1.807) is 0 Å². The van der Waals surface area contributed by atoms with Crippen molar-refractivity contribution in [3.05, 3.63) is 0 Å². The molecule has 0 radical (unpaired) electrons. The van der Waals surface area contributed by atoms with Gasteiger partial charge in [0.15, 0.2) is 0 Å². The van der Waals surface area contributed by atoms with Gasteiger partial charge in [0.2, 0.25) is 0 Å². The van der Waals surface area contributed by atoms with Gasteiger partial charge in [0.1, 0.15) is 0 Å². The van der Waals surface area contributed by atoms with Crippen molar-refractivity contribution in [3.8, 4) is 0 Å². The molecule has 2 N–H and O–H groups in total. The van der Waals surface area contributed by atoms with Crippen molar-refractivity contribution in [2.45, 2.75) is 25.8 Å². The molecule has 0 aromatic carbocycles. The number of hydrogen-bond donors (Lipinski definition) is 1. The largest absolute Gasteiger partial charge is 0.469 e. The Hall–Kier alpha value is -0.320. The predicted octanol–water partition coefficient (Wildman–Crippen LogP) is 0.640. The fourth-order valence-corrected chi connectivity index (χ4v) is 1.85. The van der Waals surface area contributed by atoms with Gasteiger partial charge in [-0.2, -0.15) is 0 Å². The molecular weight excluding hydrogens is 216 g/mol. The van der Waals surface area contributed by atoms with Crippen LogP contribution in [0.25, 0.3) is 0 Å². The lowest BCUT2D eigenvalue weighted by atomic mass is 10.0. The minimum atomic E-state index is -0.130. The Morgan fingerprint density at radius 1 is 1.67 bits per heavy atom. The van der Waals surface area contributed by atoms with Gasteiger partial charge in [-0.05, 0) is 25.8 Å². The Balaban J connectivity index is 0.00000196. The summed E-state index contributed by atoms with van der Waals surface area (Å²) >= 11 is 0. The summed E-state index contributed by atoms with van der Waals surface area (Å²) in [6, 6.07) is 0.262. The van der Waals surface area contributed by atoms with Crippen LogP contribution in [0, 0.1) is 5.92 Å². The monoisotopic (exact) mass is 236 g/mol. The Bertz CT molecular complexity index is 200. The van der Waals surface area contributed by atoms with Crippen LogP contribution in [0.2, 0.25) is 0 Å². The van der Waals surface area contributed by atoms with E-state index in [9.17, 15) is 4.79 Å². The van der Waals surface area contributed by atoms with Crippen molar-refractivity contribution in [1.82, 2.24) is 4.90 Å². The van der Waals surface area contributed by atoms with Gasteiger partial charge >= 0.3 is 5.97 Å². The highest BCUT2D eigenvalue weighted by molar-refractivity contribution is 5.85. The average molecular weight is 237 g/mol. The smallest absolute Gasteiger partial charge is 0.306 e. The number of nitrogens with two attached hydrogens (primary N) is 1. The second kappa shape index (κ2) is 7.04. The van der Waals surface area contributed by atoms with Gasteiger partial charge in [0.25, 0.3) is 0 Å². The zero-order valence-electron chi connectivity index (χ0n) is 9.44. The molecule has 0 saturated carbocycles. The maximum Gasteiger partial charge on any atom is 0.306 e. The summed E-state index contributed by atoms with van der Waals surface area (Å²) in [4.78, 5) is 13.2. The molecule has 0 bridgehead atoms. The van der Waals surface area contributed by atoms with Gasteiger partial charge < -0.3 is 15.4 Å². The first-order valence-electron chi connectivity index (χ1n) is 5.18. The molecule has 0 aliphatic carbocycles. The van der Waals surface area contributed by atoms with Crippen LogP contribution in [-0.4, -0.2) is 43.7 Å². The maximum atomic E-state index is 10.9. The Kier molecular flexibility index (Phi) is 6.89. The van der Waals surface area contributed by atoms with Crippen LogP contribution in [0.4, 0.5) is 0 Å². The Labute approximate surface area is 97.5 Å². The molecule has 15 heavy (non-hydrogen) atoms. The molecule has 1 heterocycles. The number of likely N-dealkylation sites (tertiary alicyclic amines) is 1. The summed E-state index contributed by atoms with van der Waals surface area (Å²) < 4.78 is 4.59. The number of carbonyl (C=O) groups is 1. The van der Waals surface area contributed by atoms with Crippen LogP contribution in [0.1, 0.15) is 19.8 Å². The van der Waals surface area contributed by atoms with Crippen LogP contribution in [0.3, 0.4) is 0 Å². The highest BCUT2D eigenvalue weighted by Gasteiger charge is 2.25. The molecule has 0 spiro atoms. The van der Waals surface area contributed by atoms with Gasteiger partial charge in [0.05, 0.1) is 13.5 Å². The van der Waals surface area contributed by atoms with E-state index >= 15 is 0 Å². The van der Waals surface area contributed by atoms with Gasteiger partial charge in [-0.1, -0.05) is 0 Å². The normalized spacial score (nSPS) is 23.3. The fraction of sp³-hybridized carbons (Fsp3) is 0.900. The molecule has 2 atom stereocenters. The number of carbonyl (C=O) groups excluding carboxylic acids is 1. The number of hydrogen-bond acceptors (Lipinski definition) is 4. The van der Waals surface area contributed by atoms with Crippen molar-refractivity contribution < 1.29 is 9.53 Å². The third-order valence-corrected chi connectivity index (χ3v) is 2.91. The first-order valence-corrected chi connectivity index (χ1v) is 5.18. The number of rotatable bonds is 4. The van der Waals surface area contributed by atoms with E-state index in [1.165, 1.54) is 7.11 Å². The second-order valence-corrected chi connectivity index (χ2v) is 4.03. The molecule has 0 aromatic heterocycles. The van der Waals surface area contributed by atoms with E-state index in [0.29, 0.717) is 12.3 Å². The zero-order chi connectivity index (χ0) is 10.6. The average Bonchev–Trinajstić information content (AvgIpc) is 2.62. The van der Waals surface area contributed by atoms with Crippen molar-refractivity contribution in [2.24, 2.45) is 11.7 Å². The topological polar surface area (TPSA) is 55.6 Å². The summed E-state index contributed by atoms with van der Waals surface area (Å²) in [5.74, 6) is 0.460. The standard InChI is InChI=1S/C10H20N2O2.ClH/c1-8(11)9-3-5-12(7-9)6-4-10(13)14-2;/h8-9H,3-7,11H2,1-2H3;1H. The summed E-state index contributed by atoms with van der Waals surface area (Å²) in [7, 11) is 1.43. The molecular formula is C10H21ClN2O2. The highest BCUT2D eigenvalue weighted by atomic mass is 35.5. The number of halogens is 1. The van der Waals surface area contributed by atoms with Crippen molar-refractivity contribution in [1.29, 1.82) is 0 Å². The molecule has 0 aromatic rings. The first kappa shape index (κ1) is 14.7. The first-order chi connectivity index (χ1) is 6.63. The highest BCUT2D eigenvalue weighted by Crippen LogP contribution is 2.18. The molecule has 5 heteroatoms. The summed E-state index contributed by atoms with van der Waals surface area (Å²) in [6.07, 6.45) is 1.64. The van der Waals surface area contributed by atoms with Crippen LogP contribution in [-0.2, 0) is 9.53 Å². The van der Waals surface area contributed by atoms with Crippen LogP contribution >= 0.6 is 12.4 Å². The van der Waals surface area contributed by atoms with Gasteiger partial charge in [-0.15, -0.1) is 12.4 Å². The van der Waals surface area contributed by atoms with E-state index in [2.05, 4.69) is 16.6 Å². The number of methoxy groups -OCH3 is 1. The molecule has 1 aliphatic heterocycles. The van der Waals surface area contributed by atoms with Crippen LogP contribution in [0.5, 0.6) is 0 Å². The van der Waals surface area contributed by atoms with Crippen molar-refractivity contribution in [3.63, 3.8) is 0 Å². The zero-order valence-corrected chi connectivity index (χ0v) is 10.3. The minimum absolute atomic E-state index is 0. The summed E-state index contributed by atoms with van der Waals surface area (Å²) in [6.45, 7) is 4.93. The predicted molar refractivity (Wildman–Crippen MR) is 62.1 cm³/mol. The van der Waals surface area contributed by atoms with Gasteiger partial charge in [-0.25, -0.2) is 0 Å². The molecule has 2 unspecified atom stereocenters. The Morgan fingerprint density at radius 3 is 2.80 bits per heavy atom. The third-order valence-electron chi connectivity index (χ3n) is 2.91. The lowest BCUT2D eigenvalue weighted by Crippen LogP contribution is -2.30. The SMILES string of the molecule is COC(=O)CCN1CCC(C(C)N)C1.Cl. The molecule has 1 aliphatic rings. The summed E-state index contributed by atoms with van der Waals surface area (Å²) in [5, 5.41) is 0. The molecule has 0 amide bonds. The molecule has 90 valence electrons. The Morgan fingerprint density at radius 2 is 2.33 bits per heavy atom.